The minimum Gasteiger partial charge on any atom is -0.461 e. The molecular weight excluding hydrogens is 296 g/mol. The number of benzene rings is 1. The van der Waals surface area contributed by atoms with Crippen molar-refractivity contribution in [3.63, 3.8) is 0 Å². The van der Waals surface area contributed by atoms with Crippen molar-refractivity contribution < 1.29 is 24.9 Å². The topological polar surface area (TPSA) is 87.0 Å². The molecule has 0 saturated carbocycles. The number of carbonyl (C=O) groups excluding carboxylic acids is 1. The third-order valence-corrected chi connectivity index (χ3v) is 4.95. The molecule has 3 N–H and O–H groups in total. The van der Waals surface area contributed by atoms with Crippen LogP contribution >= 0.6 is 0 Å². The molecule has 0 radical (unpaired) electrons. The van der Waals surface area contributed by atoms with Gasteiger partial charge in [0.2, 0.25) is 11.6 Å². The van der Waals surface area contributed by atoms with Crippen molar-refractivity contribution in [3.05, 3.63) is 58.4 Å². The lowest BCUT2D eigenvalue weighted by Gasteiger charge is -2.45. The first-order valence-corrected chi connectivity index (χ1v) is 7.52. The van der Waals surface area contributed by atoms with Crippen LogP contribution in [0.5, 0.6) is 0 Å². The van der Waals surface area contributed by atoms with Crippen LogP contribution in [0, 0.1) is 5.92 Å². The summed E-state index contributed by atoms with van der Waals surface area (Å²) >= 11 is 0. The number of ether oxygens (including phenoxy) is 1. The van der Waals surface area contributed by atoms with Crippen molar-refractivity contribution in [1.82, 2.24) is 0 Å². The summed E-state index contributed by atoms with van der Waals surface area (Å²) in [6.45, 7) is 5.07. The van der Waals surface area contributed by atoms with Crippen LogP contribution in [-0.4, -0.2) is 26.9 Å². The SMILES string of the molecule is CC1=C2OC(O)(c3ccccc3)CC(=O)C2C(O)(O)C(C)=C1C. The Hall–Kier alpha value is -1.95. The van der Waals surface area contributed by atoms with Crippen LogP contribution in [0.4, 0.5) is 0 Å². The maximum absolute atomic E-state index is 12.6. The van der Waals surface area contributed by atoms with E-state index in [9.17, 15) is 20.1 Å². The molecule has 0 amide bonds. The molecule has 1 aliphatic heterocycles. The minimum atomic E-state index is -2.30. The molecule has 0 aromatic heterocycles. The Balaban J connectivity index is 2.13. The highest BCUT2D eigenvalue weighted by Gasteiger charge is 2.55. The Morgan fingerprint density at radius 3 is 2.26 bits per heavy atom. The van der Waals surface area contributed by atoms with Gasteiger partial charge in [0.25, 0.3) is 0 Å². The molecule has 1 aromatic rings. The second kappa shape index (κ2) is 5.03. The average Bonchev–Trinajstić information content (AvgIpc) is 2.51. The van der Waals surface area contributed by atoms with Gasteiger partial charge < -0.3 is 20.1 Å². The predicted molar refractivity (Wildman–Crippen MR) is 82.8 cm³/mol. The van der Waals surface area contributed by atoms with E-state index in [1.54, 1.807) is 51.1 Å². The van der Waals surface area contributed by atoms with Crippen molar-refractivity contribution in [2.24, 2.45) is 5.92 Å². The maximum Gasteiger partial charge on any atom is 0.241 e. The lowest BCUT2D eigenvalue weighted by Crippen LogP contribution is -2.53. The maximum atomic E-state index is 12.6. The molecule has 2 atom stereocenters. The van der Waals surface area contributed by atoms with Crippen LogP contribution in [0.25, 0.3) is 0 Å². The van der Waals surface area contributed by atoms with E-state index in [4.69, 9.17) is 4.74 Å². The van der Waals surface area contributed by atoms with E-state index in [1.807, 2.05) is 0 Å². The summed E-state index contributed by atoms with van der Waals surface area (Å²) in [5.41, 5.74) is 2.07. The molecule has 1 heterocycles. The van der Waals surface area contributed by atoms with Crippen LogP contribution in [0.3, 0.4) is 0 Å². The summed E-state index contributed by atoms with van der Waals surface area (Å²) in [6, 6.07) is 8.63. The zero-order chi connectivity index (χ0) is 17.0. The zero-order valence-electron chi connectivity index (χ0n) is 13.3. The van der Waals surface area contributed by atoms with Gasteiger partial charge in [-0.2, -0.15) is 0 Å². The van der Waals surface area contributed by atoms with Gasteiger partial charge in [-0.15, -0.1) is 0 Å². The Kier molecular flexibility index (Phi) is 3.48. The van der Waals surface area contributed by atoms with Gasteiger partial charge in [-0.1, -0.05) is 30.3 Å². The number of Topliss-reactive ketones (excluding diaryl/α,β-unsaturated/α-hetero) is 1. The smallest absolute Gasteiger partial charge is 0.241 e. The van der Waals surface area contributed by atoms with E-state index >= 15 is 0 Å². The standard InChI is InChI=1S/C18H20O5/c1-10-11(2)16-15(18(21,22)12(10)3)14(19)9-17(20,23-16)13-7-5-4-6-8-13/h4-8,15,20-22H,9H2,1-3H3. The first-order chi connectivity index (χ1) is 10.7. The van der Waals surface area contributed by atoms with Crippen LogP contribution in [0.2, 0.25) is 0 Å². The third kappa shape index (κ3) is 2.24. The van der Waals surface area contributed by atoms with Gasteiger partial charge in [0.1, 0.15) is 11.7 Å². The van der Waals surface area contributed by atoms with Gasteiger partial charge >= 0.3 is 0 Å². The summed E-state index contributed by atoms with van der Waals surface area (Å²) in [7, 11) is 0. The van der Waals surface area contributed by atoms with Gasteiger partial charge in [-0.25, -0.2) is 0 Å². The lowest BCUT2D eigenvalue weighted by atomic mass is 9.74. The monoisotopic (exact) mass is 316 g/mol. The normalized spacial score (nSPS) is 30.2. The Morgan fingerprint density at radius 2 is 1.65 bits per heavy atom. The molecule has 1 fully saturated rings. The molecule has 122 valence electrons. The summed E-state index contributed by atoms with van der Waals surface area (Å²) in [6.07, 6.45) is -0.340. The summed E-state index contributed by atoms with van der Waals surface area (Å²) in [5.74, 6) is -5.65. The molecule has 0 spiro atoms. The Bertz CT molecular complexity index is 729. The van der Waals surface area contributed by atoms with Gasteiger partial charge in [-0.05, 0) is 37.5 Å². The molecule has 0 bridgehead atoms. The van der Waals surface area contributed by atoms with Crippen LogP contribution < -0.4 is 0 Å². The van der Waals surface area contributed by atoms with E-state index in [2.05, 4.69) is 0 Å². The van der Waals surface area contributed by atoms with E-state index in [-0.39, 0.29) is 12.2 Å². The highest BCUT2D eigenvalue weighted by molar-refractivity contribution is 5.88. The predicted octanol–water partition coefficient (Wildman–Crippen LogP) is 1.74. The highest BCUT2D eigenvalue weighted by atomic mass is 16.6. The molecule has 1 aliphatic carbocycles. The first kappa shape index (κ1) is 15.9. The number of allylic oxidation sites excluding steroid dienone is 2. The highest BCUT2D eigenvalue weighted by Crippen LogP contribution is 2.48. The quantitative estimate of drug-likeness (QED) is 0.687. The number of hydrogen-bond donors (Lipinski definition) is 3. The van der Waals surface area contributed by atoms with E-state index < -0.39 is 23.3 Å². The average molecular weight is 316 g/mol. The summed E-state index contributed by atoms with van der Waals surface area (Å²) in [4.78, 5) is 12.6. The molecule has 1 saturated heterocycles. The number of fused-ring (bicyclic) bond motifs is 1. The van der Waals surface area contributed by atoms with Gasteiger partial charge in [0.05, 0.1) is 6.42 Å². The van der Waals surface area contributed by atoms with Crippen molar-refractivity contribution in [1.29, 1.82) is 0 Å². The molecule has 2 aliphatic rings. The van der Waals surface area contributed by atoms with Crippen molar-refractivity contribution in [2.75, 3.05) is 0 Å². The first-order valence-electron chi connectivity index (χ1n) is 7.52. The van der Waals surface area contributed by atoms with E-state index in [1.165, 1.54) is 0 Å². The number of hydrogen-bond acceptors (Lipinski definition) is 5. The van der Waals surface area contributed by atoms with Crippen molar-refractivity contribution in [3.8, 4) is 0 Å². The van der Waals surface area contributed by atoms with Crippen molar-refractivity contribution >= 4 is 5.78 Å². The number of carbonyl (C=O) groups is 1. The number of aliphatic hydroxyl groups is 3. The molecule has 2 unspecified atom stereocenters. The van der Waals surface area contributed by atoms with Crippen LogP contribution in [0.15, 0.2) is 52.8 Å². The van der Waals surface area contributed by atoms with Gasteiger partial charge in [-0.3, -0.25) is 4.79 Å². The fourth-order valence-corrected chi connectivity index (χ4v) is 3.28. The second-order valence-electron chi connectivity index (χ2n) is 6.29. The fraction of sp³-hybridized carbons (Fsp3) is 0.389. The Labute approximate surface area is 134 Å². The lowest BCUT2D eigenvalue weighted by molar-refractivity contribution is -0.242. The minimum absolute atomic E-state index is 0.126. The van der Waals surface area contributed by atoms with E-state index in [0.717, 1.165) is 0 Å². The molecule has 5 nitrogen and oxygen atoms in total. The van der Waals surface area contributed by atoms with Crippen LogP contribution in [-0.2, 0) is 15.3 Å². The molecule has 3 rings (SSSR count). The second-order valence-corrected chi connectivity index (χ2v) is 6.29. The fourth-order valence-electron chi connectivity index (χ4n) is 3.28. The molecule has 1 aromatic carbocycles. The largest absolute Gasteiger partial charge is 0.461 e. The van der Waals surface area contributed by atoms with E-state index in [0.29, 0.717) is 22.3 Å². The van der Waals surface area contributed by atoms with Crippen molar-refractivity contribution in [2.45, 2.75) is 38.8 Å². The van der Waals surface area contributed by atoms with Crippen LogP contribution in [0.1, 0.15) is 32.8 Å². The van der Waals surface area contributed by atoms with Gasteiger partial charge in [0.15, 0.2) is 5.78 Å². The third-order valence-electron chi connectivity index (χ3n) is 4.95. The number of rotatable bonds is 1. The van der Waals surface area contributed by atoms with Gasteiger partial charge in [0, 0.05) is 5.56 Å². The molecular formula is C18H20O5. The Morgan fingerprint density at radius 1 is 1.04 bits per heavy atom. The molecule has 23 heavy (non-hydrogen) atoms. The summed E-state index contributed by atoms with van der Waals surface area (Å²) in [5, 5.41) is 31.7. The summed E-state index contributed by atoms with van der Waals surface area (Å²) < 4.78 is 5.76. The molecule has 5 heteroatoms. The zero-order valence-corrected chi connectivity index (χ0v) is 13.3. The number of ketones is 1.